The molecule has 3 aliphatic heterocycles. The highest BCUT2D eigenvalue weighted by Gasteiger charge is 2.53. The Morgan fingerprint density at radius 3 is 2.08 bits per heavy atom. The normalized spacial score (nSPS) is 49.7. The van der Waals surface area contributed by atoms with Crippen LogP contribution >= 0.6 is 0 Å². The van der Waals surface area contributed by atoms with Gasteiger partial charge in [-0.15, -0.1) is 0 Å². The Hall–Kier alpha value is -1.50. The molecule has 7 N–H and O–H groups in total. The third-order valence-electron chi connectivity index (χ3n) is 11.6. The lowest BCUT2D eigenvalue weighted by atomic mass is 9.77. The number of carbonyl (C=O) groups is 2. The summed E-state index contributed by atoms with van der Waals surface area (Å²) in [5.74, 6) is -3.65. The number of methoxy groups -OCH3 is 2. The Morgan fingerprint density at radius 2 is 1.51 bits per heavy atom. The van der Waals surface area contributed by atoms with Crippen molar-refractivity contribution >= 4 is 11.9 Å². The number of amides is 1. The SMILES string of the molecule is CC[C@H]1OC(=O)[C@H](C)[C@@H](O[C@H]2C[C@@](C)(OC)[C@@H](O)[C@H](C)O2)[C@H](C)[C@@H](O[C@@H]2O[C@H](C)C[C@H](N)[C@H]2O)[C@](C)(OC)C[C@@H](C)C(=O)N[C@H](C)[C@@H](O)[C@]1(C)O. The molecule has 298 valence electrons. The summed E-state index contributed by atoms with van der Waals surface area (Å²) in [6.45, 7) is 16.8. The minimum atomic E-state index is -1.95. The van der Waals surface area contributed by atoms with E-state index < -0.39 is 114 Å². The maximum atomic E-state index is 14.1. The zero-order chi connectivity index (χ0) is 38.8. The first-order valence-electron chi connectivity index (χ1n) is 18.3. The molecule has 3 heterocycles. The van der Waals surface area contributed by atoms with Crippen molar-refractivity contribution in [1.29, 1.82) is 0 Å². The summed E-state index contributed by atoms with van der Waals surface area (Å²) in [6.07, 6.45) is -9.32. The van der Waals surface area contributed by atoms with Crippen molar-refractivity contribution in [2.75, 3.05) is 14.2 Å². The molecular weight excluding hydrogens is 668 g/mol. The average Bonchev–Trinajstić information content (AvgIpc) is 3.07. The molecule has 3 rings (SSSR count). The molecule has 0 saturated carbocycles. The molecule has 1 amide bonds. The van der Waals surface area contributed by atoms with Crippen LogP contribution in [0.25, 0.3) is 0 Å². The van der Waals surface area contributed by atoms with Crippen molar-refractivity contribution in [3.63, 3.8) is 0 Å². The van der Waals surface area contributed by atoms with Crippen LogP contribution in [0, 0.1) is 17.8 Å². The number of nitrogens with one attached hydrogen (secondary N) is 1. The van der Waals surface area contributed by atoms with Crippen molar-refractivity contribution in [1.82, 2.24) is 5.32 Å². The Balaban J connectivity index is 2.20. The van der Waals surface area contributed by atoms with Gasteiger partial charge in [-0.3, -0.25) is 9.59 Å². The molecular formula is C36H66N2O13. The molecule has 3 fully saturated rings. The Morgan fingerprint density at radius 1 is 0.902 bits per heavy atom. The van der Waals surface area contributed by atoms with Gasteiger partial charge in [0.25, 0.3) is 0 Å². The van der Waals surface area contributed by atoms with Gasteiger partial charge in [0.15, 0.2) is 12.6 Å². The maximum Gasteiger partial charge on any atom is 0.311 e. The summed E-state index contributed by atoms with van der Waals surface area (Å²) in [5, 5.41) is 47.7. The maximum absolute atomic E-state index is 14.1. The summed E-state index contributed by atoms with van der Waals surface area (Å²) in [4.78, 5) is 27.8. The molecule has 0 unspecified atom stereocenters. The van der Waals surface area contributed by atoms with E-state index in [4.69, 9.17) is 38.9 Å². The molecule has 3 aliphatic rings. The highest BCUT2D eigenvalue weighted by atomic mass is 16.7. The number of cyclic esters (lactones) is 1. The molecule has 15 heteroatoms. The number of ether oxygens (including phenoxy) is 7. The number of rotatable bonds is 7. The topological polar surface area (TPSA) is 218 Å². The van der Waals surface area contributed by atoms with Crippen molar-refractivity contribution in [3.8, 4) is 0 Å². The molecule has 0 aromatic rings. The second kappa shape index (κ2) is 17.3. The molecule has 18 atom stereocenters. The van der Waals surface area contributed by atoms with Crippen LogP contribution in [0.3, 0.4) is 0 Å². The van der Waals surface area contributed by atoms with E-state index in [2.05, 4.69) is 5.32 Å². The molecule has 51 heavy (non-hydrogen) atoms. The Kier molecular flexibility index (Phi) is 14.9. The molecule has 0 aliphatic carbocycles. The van der Waals surface area contributed by atoms with Crippen LogP contribution in [0.4, 0.5) is 0 Å². The molecule has 0 spiro atoms. The van der Waals surface area contributed by atoms with E-state index in [1.54, 1.807) is 55.4 Å². The molecule has 0 aromatic carbocycles. The average molecular weight is 735 g/mol. The largest absolute Gasteiger partial charge is 0.459 e. The summed E-state index contributed by atoms with van der Waals surface area (Å²) < 4.78 is 43.4. The first-order valence-corrected chi connectivity index (χ1v) is 18.3. The van der Waals surface area contributed by atoms with E-state index in [9.17, 15) is 30.0 Å². The van der Waals surface area contributed by atoms with Gasteiger partial charge in [0.1, 0.15) is 30.0 Å². The number of aliphatic hydroxyl groups excluding tert-OH is 3. The fourth-order valence-corrected chi connectivity index (χ4v) is 7.97. The third kappa shape index (κ3) is 9.60. The van der Waals surface area contributed by atoms with Crippen LogP contribution in [0.1, 0.15) is 94.9 Å². The summed E-state index contributed by atoms with van der Waals surface area (Å²) in [6, 6.07) is -1.57. The van der Waals surface area contributed by atoms with Crippen LogP contribution in [0.5, 0.6) is 0 Å². The monoisotopic (exact) mass is 734 g/mol. The van der Waals surface area contributed by atoms with E-state index in [-0.39, 0.29) is 25.4 Å². The number of carbonyl (C=O) groups excluding carboxylic acids is 2. The smallest absolute Gasteiger partial charge is 0.311 e. The fourth-order valence-electron chi connectivity index (χ4n) is 7.97. The van der Waals surface area contributed by atoms with Gasteiger partial charge in [-0.2, -0.15) is 0 Å². The van der Waals surface area contributed by atoms with Gasteiger partial charge >= 0.3 is 5.97 Å². The highest BCUT2D eigenvalue weighted by molar-refractivity contribution is 5.78. The van der Waals surface area contributed by atoms with Crippen LogP contribution < -0.4 is 11.1 Å². The molecule has 0 aromatic heterocycles. The fraction of sp³-hybridized carbons (Fsp3) is 0.944. The third-order valence-corrected chi connectivity index (χ3v) is 11.6. The van der Waals surface area contributed by atoms with Crippen molar-refractivity contribution in [2.45, 2.75) is 185 Å². The minimum absolute atomic E-state index is 0.0853. The second-order valence-electron chi connectivity index (χ2n) is 15.9. The van der Waals surface area contributed by atoms with Crippen molar-refractivity contribution in [3.05, 3.63) is 0 Å². The number of aliphatic hydroxyl groups is 4. The zero-order valence-electron chi connectivity index (χ0n) is 32.5. The standard InChI is InChI=1S/C36H66N2O13/c1-13-24-36(10,44)28(40)21(6)38-31(42)17(2)15-35(9,46-12)30(51-33-26(39)23(37)14-18(3)47-33)19(4)27(20(5)32(43)49-24)50-25-16-34(8,45-11)29(41)22(7)48-25/h17-30,33,39-41,44H,13-16,37H2,1-12H3,(H,38,42)/t17-,18-,19+,20-,21-,22+,23+,24-,25+,26-,27+,28-,29+,30-,33+,34-,35-,36-/m1/s1. The number of esters is 1. The number of hydrogen-bond donors (Lipinski definition) is 6. The zero-order valence-corrected chi connectivity index (χ0v) is 32.5. The van der Waals surface area contributed by atoms with Crippen LogP contribution in [0.15, 0.2) is 0 Å². The predicted octanol–water partition coefficient (Wildman–Crippen LogP) is 1.14. The number of nitrogens with two attached hydrogens (primary N) is 1. The first-order chi connectivity index (χ1) is 23.6. The van der Waals surface area contributed by atoms with Crippen molar-refractivity contribution in [2.24, 2.45) is 23.5 Å². The van der Waals surface area contributed by atoms with Gasteiger partial charge < -0.3 is 64.6 Å². The van der Waals surface area contributed by atoms with Crippen LogP contribution in [-0.2, 0) is 42.7 Å². The molecule has 0 radical (unpaired) electrons. The minimum Gasteiger partial charge on any atom is -0.459 e. The summed E-state index contributed by atoms with van der Waals surface area (Å²) >= 11 is 0. The van der Waals surface area contributed by atoms with E-state index in [1.165, 1.54) is 21.1 Å². The summed E-state index contributed by atoms with van der Waals surface area (Å²) in [7, 11) is 2.97. The van der Waals surface area contributed by atoms with Gasteiger partial charge in [0, 0.05) is 38.5 Å². The Labute approximate surface area is 303 Å². The van der Waals surface area contributed by atoms with Crippen LogP contribution in [-0.4, -0.2) is 137 Å². The van der Waals surface area contributed by atoms with Crippen molar-refractivity contribution < 1.29 is 63.2 Å². The van der Waals surface area contributed by atoms with E-state index in [1.807, 2.05) is 6.92 Å². The van der Waals surface area contributed by atoms with Crippen LogP contribution in [0.2, 0.25) is 0 Å². The van der Waals surface area contributed by atoms with E-state index >= 15 is 0 Å². The van der Waals surface area contributed by atoms with Gasteiger partial charge in [0.05, 0.1) is 47.6 Å². The Bertz CT molecular complexity index is 1160. The quantitative estimate of drug-likeness (QED) is 0.202. The molecule has 15 nitrogen and oxygen atoms in total. The highest BCUT2D eigenvalue weighted by Crippen LogP contribution is 2.40. The van der Waals surface area contributed by atoms with Gasteiger partial charge in [-0.25, -0.2) is 0 Å². The lowest BCUT2D eigenvalue weighted by Crippen LogP contribution is -2.60. The van der Waals surface area contributed by atoms with E-state index in [0.29, 0.717) is 6.42 Å². The van der Waals surface area contributed by atoms with Gasteiger partial charge in [-0.05, 0) is 67.7 Å². The van der Waals surface area contributed by atoms with Gasteiger partial charge in [-0.1, -0.05) is 20.8 Å². The lowest BCUT2D eigenvalue weighted by molar-refractivity contribution is -0.316. The second-order valence-corrected chi connectivity index (χ2v) is 15.9. The van der Waals surface area contributed by atoms with Gasteiger partial charge in [0.2, 0.25) is 5.91 Å². The molecule has 3 saturated heterocycles. The number of hydrogen-bond acceptors (Lipinski definition) is 14. The summed E-state index contributed by atoms with van der Waals surface area (Å²) in [5.41, 5.74) is 2.02. The lowest BCUT2D eigenvalue weighted by Gasteiger charge is -2.49. The molecule has 0 bridgehead atoms. The first kappa shape index (κ1) is 43.9. The predicted molar refractivity (Wildman–Crippen MR) is 185 cm³/mol. The van der Waals surface area contributed by atoms with E-state index in [0.717, 1.165) is 0 Å².